The molecule has 1 saturated heterocycles. The second kappa shape index (κ2) is 9.19. The Morgan fingerprint density at radius 2 is 1.88 bits per heavy atom. The molecule has 2 N–H and O–H groups in total. The maximum absolute atomic E-state index is 13.2. The third-order valence-electron chi connectivity index (χ3n) is 5.48. The van der Waals surface area contributed by atoms with Crippen molar-refractivity contribution in [3.8, 4) is 5.69 Å². The molecular formula is C22H25N5O4S. The van der Waals surface area contributed by atoms with Gasteiger partial charge in [-0.1, -0.05) is 30.3 Å². The second-order valence-corrected chi connectivity index (χ2v) is 9.28. The van der Waals surface area contributed by atoms with Gasteiger partial charge >= 0.3 is 0 Å². The van der Waals surface area contributed by atoms with E-state index in [1.54, 1.807) is 28.8 Å². The van der Waals surface area contributed by atoms with Crippen LogP contribution in [0.1, 0.15) is 34.8 Å². The fourth-order valence-corrected chi connectivity index (χ4v) is 4.42. The molecule has 0 saturated carbocycles. The van der Waals surface area contributed by atoms with Crippen molar-refractivity contribution in [1.29, 1.82) is 0 Å². The Bertz CT molecular complexity index is 1190. The first kappa shape index (κ1) is 22.1. The van der Waals surface area contributed by atoms with E-state index < -0.39 is 10.0 Å². The van der Waals surface area contributed by atoms with Gasteiger partial charge in [-0.2, -0.15) is 0 Å². The number of aromatic nitrogens is 3. The first-order chi connectivity index (χ1) is 15.4. The van der Waals surface area contributed by atoms with Crippen LogP contribution in [-0.4, -0.2) is 60.3 Å². The van der Waals surface area contributed by atoms with E-state index in [4.69, 9.17) is 9.88 Å². The summed E-state index contributed by atoms with van der Waals surface area (Å²) in [7, 11) is -2.19. The number of carbonyl (C=O) groups is 1. The first-order valence-electron chi connectivity index (χ1n) is 10.3. The Kier molecular flexibility index (Phi) is 6.35. The number of primary sulfonamides is 1. The third kappa shape index (κ3) is 4.72. The van der Waals surface area contributed by atoms with E-state index in [-0.39, 0.29) is 22.7 Å². The van der Waals surface area contributed by atoms with Crippen molar-refractivity contribution in [1.82, 2.24) is 19.7 Å². The van der Waals surface area contributed by atoms with Crippen LogP contribution in [0.15, 0.2) is 59.5 Å². The van der Waals surface area contributed by atoms with Crippen molar-refractivity contribution < 1.29 is 17.9 Å². The highest BCUT2D eigenvalue weighted by Gasteiger charge is 2.32. The summed E-state index contributed by atoms with van der Waals surface area (Å²) >= 11 is 0. The molecule has 10 heteroatoms. The zero-order chi connectivity index (χ0) is 22.7. The molecule has 1 amide bonds. The third-order valence-corrected chi connectivity index (χ3v) is 6.41. The number of nitrogens with zero attached hydrogens (tertiary/aromatic N) is 4. The van der Waals surface area contributed by atoms with Crippen LogP contribution >= 0.6 is 0 Å². The molecule has 0 aliphatic carbocycles. The Balaban J connectivity index is 1.71. The molecule has 9 nitrogen and oxygen atoms in total. The van der Waals surface area contributed by atoms with Gasteiger partial charge in [-0.15, -0.1) is 5.10 Å². The number of sulfonamides is 1. The summed E-state index contributed by atoms with van der Waals surface area (Å²) in [6.45, 7) is 1.11. The van der Waals surface area contributed by atoms with Crippen LogP contribution in [0.3, 0.4) is 0 Å². The lowest BCUT2D eigenvalue weighted by Crippen LogP contribution is -2.38. The van der Waals surface area contributed by atoms with E-state index >= 15 is 0 Å². The van der Waals surface area contributed by atoms with E-state index in [1.165, 1.54) is 12.1 Å². The number of ether oxygens (including phenoxy) is 1. The van der Waals surface area contributed by atoms with Crippen LogP contribution in [0.2, 0.25) is 0 Å². The number of hydrogen-bond acceptors (Lipinski definition) is 6. The van der Waals surface area contributed by atoms with Crippen molar-refractivity contribution >= 4 is 15.9 Å². The predicted octanol–water partition coefficient (Wildman–Crippen LogP) is 1.76. The number of amides is 1. The Hall–Kier alpha value is -3.08. The van der Waals surface area contributed by atoms with Crippen LogP contribution in [-0.2, 0) is 21.2 Å². The van der Waals surface area contributed by atoms with Gasteiger partial charge in [0, 0.05) is 20.1 Å². The minimum Gasteiger partial charge on any atom is -0.383 e. The standard InChI is InChI=1S/C22H25N5O4S/c1-31-15-18-8-5-13-26(18)22(28)21-24-20(14-16-6-3-2-4-7-16)27(25-21)17-9-11-19(12-10-17)32(23,29)30/h2-4,6-7,9-12,18H,5,8,13-15H2,1H3,(H2,23,29,30). The van der Waals surface area contributed by atoms with E-state index in [2.05, 4.69) is 10.1 Å². The van der Waals surface area contributed by atoms with Gasteiger partial charge in [0.1, 0.15) is 5.82 Å². The predicted molar refractivity (Wildman–Crippen MR) is 118 cm³/mol. The summed E-state index contributed by atoms with van der Waals surface area (Å²) < 4.78 is 30.0. The zero-order valence-electron chi connectivity index (χ0n) is 17.7. The van der Waals surface area contributed by atoms with Crippen molar-refractivity contribution in [2.45, 2.75) is 30.2 Å². The normalized spacial score (nSPS) is 16.4. The van der Waals surface area contributed by atoms with Gasteiger partial charge < -0.3 is 9.64 Å². The molecule has 2 heterocycles. The minimum absolute atomic E-state index is 0.00162. The van der Waals surface area contributed by atoms with Gasteiger partial charge in [0.25, 0.3) is 5.91 Å². The fourth-order valence-electron chi connectivity index (χ4n) is 3.91. The Labute approximate surface area is 186 Å². The van der Waals surface area contributed by atoms with Crippen molar-refractivity contribution in [3.63, 3.8) is 0 Å². The number of carbonyl (C=O) groups excluding carboxylic acids is 1. The Morgan fingerprint density at radius 1 is 1.16 bits per heavy atom. The van der Waals surface area contributed by atoms with Crippen molar-refractivity contribution in [3.05, 3.63) is 71.8 Å². The molecule has 0 spiro atoms. The SMILES string of the molecule is COCC1CCCN1C(=O)c1nc(Cc2ccccc2)n(-c2ccc(S(N)(=O)=O)cc2)n1. The second-order valence-electron chi connectivity index (χ2n) is 7.71. The average molecular weight is 456 g/mol. The lowest BCUT2D eigenvalue weighted by molar-refractivity contribution is 0.0619. The molecule has 0 radical (unpaired) electrons. The highest BCUT2D eigenvalue weighted by molar-refractivity contribution is 7.89. The first-order valence-corrected chi connectivity index (χ1v) is 11.8. The summed E-state index contributed by atoms with van der Waals surface area (Å²) in [5.41, 5.74) is 1.60. The van der Waals surface area contributed by atoms with Gasteiger partial charge in [0.2, 0.25) is 15.8 Å². The molecule has 4 rings (SSSR count). The number of benzene rings is 2. The highest BCUT2D eigenvalue weighted by Crippen LogP contribution is 2.21. The molecule has 0 bridgehead atoms. The van der Waals surface area contributed by atoms with Crippen LogP contribution in [0.4, 0.5) is 0 Å². The van der Waals surface area contributed by atoms with Crippen LogP contribution < -0.4 is 5.14 Å². The van der Waals surface area contributed by atoms with Gasteiger partial charge in [0.05, 0.1) is 23.2 Å². The van der Waals surface area contributed by atoms with Crippen LogP contribution in [0.25, 0.3) is 5.69 Å². The van der Waals surface area contributed by atoms with E-state index in [9.17, 15) is 13.2 Å². The van der Waals surface area contributed by atoms with Crippen LogP contribution in [0.5, 0.6) is 0 Å². The number of rotatable bonds is 7. The van der Waals surface area contributed by atoms with E-state index in [0.717, 1.165) is 18.4 Å². The molecule has 2 aromatic carbocycles. The van der Waals surface area contributed by atoms with Gasteiger partial charge in [-0.25, -0.2) is 23.2 Å². The molecule has 168 valence electrons. The quantitative estimate of drug-likeness (QED) is 0.580. The number of likely N-dealkylation sites (tertiary alicyclic amines) is 1. The van der Waals surface area contributed by atoms with Gasteiger partial charge in [-0.3, -0.25) is 4.79 Å². The molecule has 1 atom stereocenters. The summed E-state index contributed by atoms with van der Waals surface area (Å²) in [4.78, 5) is 19.5. The lowest BCUT2D eigenvalue weighted by Gasteiger charge is -2.22. The maximum Gasteiger partial charge on any atom is 0.293 e. The zero-order valence-corrected chi connectivity index (χ0v) is 18.5. The molecule has 1 unspecified atom stereocenters. The lowest BCUT2D eigenvalue weighted by atomic mass is 10.1. The molecule has 1 aliphatic heterocycles. The summed E-state index contributed by atoms with van der Waals surface area (Å²) in [6, 6.07) is 15.8. The Morgan fingerprint density at radius 3 is 2.53 bits per heavy atom. The van der Waals surface area contributed by atoms with E-state index in [1.807, 2.05) is 30.3 Å². The fraction of sp³-hybridized carbons (Fsp3) is 0.318. The minimum atomic E-state index is -3.81. The van der Waals surface area contributed by atoms with Gasteiger partial charge in [0.15, 0.2) is 0 Å². The van der Waals surface area contributed by atoms with Crippen LogP contribution in [0, 0.1) is 0 Å². The summed E-state index contributed by atoms with van der Waals surface area (Å²) in [6.07, 6.45) is 2.25. The molecule has 32 heavy (non-hydrogen) atoms. The largest absolute Gasteiger partial charge is 0.383 e. The van der Waals surface area contributed by atoms with Crippen molar-refractivity contribution in [2.75, 3.05) is 20.3 Å². The molecule has 3 aromatic rings. The molecule has 1 fully saturated rings. The number of hydrogen-bond donors (Lipinski definition) is 1. The van der Waals surface area contributed by atoms with Gasteiger partial charge in [-0.05, 0) is 42.7 Å². The molecular weight excluding hydrogens is 430 g/mol. The topological polar surface area (TPSA) is 120 Å². The molecule has 1 aromatic heterocycles. The number of nitrogens with two attached hydrogens (primary N) is 1. The molecule has 1 aliphatic rings. The smallest absolute Gasteiger partial charge is 0.293 e. The highest BCUT2D eigenvalue weighted by atomic mass is 32.2. The van der Waals surface area contributed by atoms with Crippen molar-refractivity contribution in [2.24, 2.45) is 5.14 Å². The van der Waals surface area contributed by atoms with E-state index in [0.29, 0.717) is 31.1 Å². The average Bonchev–Trinajstić information content (AvgIpc) is 3.41. The number of methoxy groups -OCH3 is 1. The summed E-state index contributed by atoms with van der Waals surface area (Å²) in [5.74, 6) is 0.443. The summed E-state index contributed by atoms with van der Waals surface area (Å²) in [5, 5.41) is 9.71. The maximum atomic E-state index is 13.2. The monoisotopic (exact) mass is 455 g/mol.